The Balaban J connectivity index is 2.18. The van der Waals surface area contributed by atoms with Gasteiger partial charge in [0.15, 0.2) is 5.58 Å². The van der Waals surface area contributed by atoms with Gasteiger partial charge in [0.05, 0.1) is 6.54 Å². The Hall–Kier alpha value is -1.55. The van der Waals surface area contributed by atoms with Crippen LogP contribution >= 0.6 is 11.6 Å². The lowest BCUT2D eigenvalue weighted by Gasteiger charge is -1.98. The number of rotatable bonds is 3. The van der Waals surface area contributed by atoms with Gasteiger partial charge in [-0.3, -0.25) is 4.79 Å². The summed E-state index contributed by atoms with van der Waals surface area (Å²) < 4.78 is 5.08. The van der Waals surface area contributed by atoms with Crippen molar-refractivity contribution in [1.82, 2.24) is 10.5 Å². The number of carbonyl (C=O) groups is 1. The molecular formula is C10H9ClN2O2. The van der Waals surface area contributed by atoms with Crippen LogP contribution in [0.1, 0.15) is 5.69 Å². The normalized spacial score (nSPS) is 10.5. The maximum atomic E-state index is 10.9. The van der Waals surface area contributed by atoms with Gasteiger partial charge in [0.25, 0.3) is 0 Å². The lowest BCUT2D eigenvalue weighted by atomic mass is 10.2. The van der Waals surface area contributed by atoms with Crippen LogP contribution in [0.25, 0.3) is 11.0 Å². The molecule has 0 aliphatic carbocycles. The molecule has 0 spiro atoms. The first kappa shape index (κ1) is 9.98. The fourth-order valence-corrected chi connectivity index (χ4v) is 1.39. The second-order valence-corrected chi connectivity index (χ2v) is 3.30. The molecule has 2 aromatic rings. The van der Waals surface area contributed by atoms with Gasteiger partial charge >= 0.3 is 0 Å². The van der Waals surface area contributed by atoms with Crippen molar-refractivity contribution in [3.05, 3.63) is 30.0 Å². The number of benzene rings is 1. The van der Waals surface area contributed by atoms with E-state index in [9.17, 15) is 4.79 Å². The average molecular weight is 225 g/mol. The van der Waals surface area contributed by atoms with Crippen molar-refractivity contribution in [2.75, 3.05) is 5.88 Å². The molecule has 4 nitrogen and oxygen atoms in total. The van der Waals surface area contributed by atoms with Crippen molar-refractivity contribution in [3.8, 4) is 0 Å². The summed E-state index contributed by atoms with van der Waals surface area (Å²) in [6, 6.07) is 7.49. The minimum atomic E-state index is -0.219. The van der Waals surface area contributed by atoms with Crippen LogP contribution in [0.3, 0.4) is 0 Å². The Morgan fingerprint density at radius 3 is 3.07 bits per heavy atom. The molecule has 1 amide bonds. The number of alkyl halides is 1. The van der Waals surface area contributed by atoms with Crippen molar-refractivity contribution in [1.29, 1.82) is 0 Å². The Bertz CT molecular complexity index is 481. The van der Waals surface area contributed by atoms with E-state index in [4.69, 9.17) is 16.1 Å². The molecule has 0 unspecified atom stereocenters. The molecule has 1 aromatic heterocycles. The van der Waals surface area contributed by atoms with Gasteiger partial charge < -0.3 is 9.84 Å². The van der Waals surface area contributed by atoms with Gasteiger partial charge in [-0.1, -0.05) is 17.3 Å². The predicted molar refractivity (Wildman–Crippen MR) is 56.6 cm³/mol. The highest BCUT2D eigenvalue weighted by Gasteiger charge is 2.07. The highest BCUT2D eigenvalue weighted by Crippen LogP contribution is 2.17. The summed E-state index contributed by atoms with van der Waals surface area (Å²) in [4.78, 5) is 10.9. The first-order valence-corrected chi connectivity index (χ1v) is 5.00. The summed E-state index contributed by atoms with van der Waals surface area (Å²) in [6.45, 7) is 0.336. The van der Waals surface area contributed by atoms with Gasteiger partial charge in [0, 0.05) is 5.39 Å². The summed E-state index contributed by atoms with van der Waals surface area (Å²) in [5.41, 5.74) is 1.43. The molecule has 0 radical (unpaired) electrons. The van der Waals surface area contributed by atoms with E-state index in [2.05, 4.69) is 10.5 Å². The second-order valence-electron chi connectivity index (χ2n) is 3.04. The number of amides is 1. The molecule has 5 heteroatoms. The maximum absolute atomic E-state index is 10.9. The molecule has 0 bridgehead atoms. The summed E-state index contributed by atoms with van der Waals surface area (Å²) in [5.74, 6) is -0.265. The molecule has 15 heavy (non-hydrogen) atoms. The summed E-state index contributed by atoms with van der Waals surface area (Å²) in [7, 11) is 0. The van der Waals surface area contributed by atoms with Crippen LogP contribution < -0.4 is 5.32 Å². The quantitative estimate of drug-likeness (QED) is 0.808. The number of halogens is 1. The molecule has 0 aliphatic heterocycles. The maximum Gasteiger partial charge on any atom is 0.235 e. The Morgan fingerprint density at radius 2 is 2.27 bits per heavy atom. The molecule has 1 heterocycles. The lowest BCUT2D eigenvalue weighted by molar-refractivity contribution is -0.118. The predicted octanol–water partition coefficient (Wildman–Crippen LogP) is 1.68. The number of aromatic nitrogens is 1. The van der Waals surface area contributed by atoms with Crippen molar-refractivity contribution in [2.45, 2.75) is 6.54 Å². The zero-order valence-electron chi connectivity index (χ0n) is 7.87. The molecule has 2 rings (SSSR count). The minimum absolute atomic E-state index is 0.0458. The molecule has 0 atom stereocenters. The molecule has 78 valence electrons. The number of para-hydroxylation sites is 1. The third kappa shape index (κ3) is 2.10. The van der Waals surface area contributed by atoms with Gasteiger partial charge in [0.2, 0.25) is 5.91 Å². The number of hydrogen-bond acceptors (Lipinski definition) is 3. The van der Waals surface area contributed by atoms with Crippen molar-refractivity contribution in [3.63, 3.8) is 0 Å². The van der Waals surface area contributed by atoms with Gasteiger partial charge in [-0.15, -0.1) is 11.6 Å². The van der Waals surface area contributed by atoms with Gasteiger partial charge in [-0.05, 0) is 12.1 Å². The first-order valence-electron chi connectivity index (χ1n) is 4.47. The SMILES string of the molecule is O=C(CCl)NCc1noc2ccccc12. The standard InChI is InChI=1S/C10H9ClN2O2/c11-5-10(14)12-6-8-7-3-1-2-4-9(7)15-13-8/h1-4H,5-6H2,(H,12,14). The number of hydrogen-bond donors (Lipinski definition) is 1. The van der Waals surface area contributed by atoms with E-state index >= 15 is 0 Å². The van der Waals surface area contributed by atoms with E-state index in [1.165, 1.54) is 0 Å². The fourth-order valence-electron chi connectivity index (χ4n) is 1.30. The minimum Gasteiger partial charge on any atom is -0.356 e. The highest BCUT2D eigenvalue weighted by molar-refractivity contribution is 6.27. The first-order chi connectivity index (χ1) is 7.31. The lowest BCUT2D eigenvalue weighted by Crippen LogP contribution is -2.23. The Morgan fingerprint density at radius 1 is 1.47 bits per heavy atom. The highest BCUT2D eigenvalue weighted by atomic mass is 35.5. The molecule has 0 fully saturated rings. The van der Waals surface area contributed by atoms with E-state index in [1.54, 1.807) is 0 Å². The van der Waals surface area contributed by atoms with Crippen LogP contribution in [0.4, 0.5) is 0 Å². The van der Waals surface area contributed by atoms with E-state index < -0.39 is 0 Å². The topological polar surface area (TPSA) is 55.1 Å². The molecule has 0 saturated heterocycles. The van der Waals surface area contributed by atoms with E-state index in [-0.39, 0.29) is 11.8 Å². The smallest absolute Gasteiger partial charge is 0.235 e. The third-order valence-electron chi connectivity index (χ3n) is 2.03. The van der Waals surface area contributed by atoms with Crippen LogP contribution in [-0.4, -0.2) is 16.9 Å². The number of carbonyl (C=O) groups excluding carboxylic acids is 1. The molecular weight excluding hydrogens is 216 g/mol. The van der Waals surface area contributed by atoms with E-state index in [1.807, 2.05) is 24.3 Å². The van der Waals surface area contributed by atoms with E-state index in [0.29, 0.717) is 17.8 Å². The number of nitrogens with zero attached hydrogens (tertiary/aromatic N) is 1. The Labute approximate surface area is 91.2 Å². The molecule has 1 N–H and O–H groups in total. The van der Waals surface area contributed by atoms with Crippen LogP contribution in [0, 0.1) is 0 Å². The summed E-state index contributed by atoms with van der Waals surface area (Å²) in [5, 5.41) is 7.41. The third-order valence-corrected chi connectivity index (χ3v) is 2.27. The molecule has 1 aromatic carbocycles. The van der Waals surface area contributed by atoms with Crippen LogP contribution in [0.5, 0.6) is 0 Å². The van der Waals surface area contributed by atoms with Crippen molar-refractivity contribution < 1.29 is 9.32 Å². The van der Waals surface area contributed by atoms with Crippen LogP contribution in [0.2, 0.25) is 0 Å². The van der Waals surface area contributed by atoms with E-state index in [0.717, 1.165) is 5.39 Å². The van der Waals surface area contributed by atoms with Crippen molar-refractivity contribution in [2.24, 2.45) is 0 Å². The molecule has 0 aliphatic rings. The van der Waals surface area contributed by atoms with Gasteiger partial charge in [-0.2, -0.15) is 0 Å². The number of fused-ring (bicyclic) bond motifs is 1. The fraction of sp³-hybridized carbons (Fsp3) is 0.200. The van der Waals surface area contributed by atoms with Gasteiger partial charge in [0.1, 0.15) is 11.6 Å². The number of nitrogens with one attached hydrogen (secondary N) is 1. The largest absolute Gasteiger partial charge is 0.356 e. The van der Waals surface area contributed by atoms with Crippen LogP contribution in [0.15, 0.2) is 28.8 Å². The summed E-state index contributed by atoms with van der Waals surface area (Å²) in [6.07, 6.45) is 0. The average Bonchev–Trinajstić information content (AvgIpc) is 2.69. The zero-order valence-corrected chi connectivity index (χ0v) is 8.62. The van der Waals surface area contributed by atoms with Crippen LogP contribution in [-0.2, 0) is 11.3 Å². The second kappa shape index (κ2) is 4.31. The van der Waals surface area contributed by atoms with Crippen molar-refractivity contribution >= 4 is 28.5 Å². The zero-order chi connectivity index (χ0) is 10.7. The van der Waals surface area contributed by atoms with Gasteiger partial charge in [-0.25, -0.2) is 0 Å². The molecule has 0 saturated carbocycles. The monoisotopic (exact) mass is 224 g/mol. The Kier molecular flexibility index (Phi) is 2.87. The summed E-state index contributed by atoms with van der Waals surface area (Å²) >= 11 is 5.35.